The van der Waals surface area contributed by atoms with Crippen molar-refractivity contribution >= 4 is 58.6 Å². The van der Waals surface area contributed by atoms with Crippen LogP contribution in [-0.2, 0) is 20.7 Å². The van der Waals surface area contributed by atoms with Crippen molar-refractivity contribution in [2.24, 2.45) is 0 Å². The van der Waals surface area contributed by atoms with E-state index in [0.717, 1.165) is 0 Å². The molecule has 14 heteroatoms. The molecule has 1 atom stereocenters. The Morgan fingerprint density at radius 1 is 1.02 bits per heavy atom. The largest absolute Gasteiger partial charge is 0.453 e. The first kappa shape index (κ1) is 27.7. The summed E-state index contributed by atoms with van der Waals surface area (Å²) in [5.41, 5.74) is 3.38. The molecule has 3 amide bonds. The number of benzene rings is 2. The molecule has 41 heavy (non-hydrogen) atoms. The molecule has 0 spiro atoms. The summed E-state index contributed by atoms with van der Waals surface area (Å²) in [6.07, 6.45) is 4.21. The monoisotopic (exact) mass is 592 g/mol. The predicted molar refractivity (Wildman–Crippen MR) is 152 cm³/mol. The summed E-state index contributed by atoms with van der Waals surface area (Å²) < 4.78 is 6.04. The molecule has 12 nitrogen and oxygen atoms in total. The molecule has 0 aliphatic carbocycles. The first-order valence-electron chi connectivity index (χ1n) is 12.2. The zero-order valence-electron chi connectivity index (χ0n) is 21.5. The van der Waals surface area contributed by atoms with Gasteiger partial charge < -0.3 is 15.0 Å². The van der Waals surface area contributed by atoms with E-state index >= 15 is 0 Å². The zero-order chi connectivity index (χ0) is 28.9. The quantitative estimate of drug-likeness (QED) is 0.249. The fraction of sp³-hybridized carbons (Fsp3) is 0.148. The third kappa shape index (κ3) is 6.34. The summed E-state index contributed by atoms with van der Waals surface area (Å²) >= 11 is 12.3. The molecule has 4 aromatic rings. The third-order valence-corrected chi connectivity index (χ3v) is 6.72. The summed E-state index contributed by atoms with van der Waals surface area (Å²) in [6, 6.07) is 13.9. The lowest BCUT2D eigenvalue weighted by Crippen LogP contribution is -2.45. The summed E-state index contributed by atoms with van der Waals surface area (Å²) in [5, 5.41) is 17.4. The van der Waals surface area contributed by atoms with Crippen molar-refractivity contribution in [2.45, 2.75) is 12.5 Å². The number of halogens is 2. The smallest absolute Gasteiger partial charge is 0.411 e. The number of pyridine rings is 1. The highest BCUT2D eigenvalue weighted by Crippen LogP contribution is 2.32. The molecule has 2 aromatic heterocycles. The van der Waals surface area contributed by atoms with E-state index in [1.54, 1.807) is 60.7 Å². The molecule has 5 rings (SSSR count). The van der Waals surface area contributed by atoms with Crippen LogP contribution in [0.4, 0.5) is 16.2 Å². The first-order valence-corrected chi connectivity index (χ1v) is 13.0. The van der Waals surface area contributed by atoms with E-state index in [0.29, 0.717) is 50.5 Å². The fourth-order valence-corrected chi connectivity index (χ4v) is 4.74. The van der Waals surface area contributed by atoms with Gasteiger partial charge in [-0.25, -0.2) is 9.78 Å². The van der Waals surface area contributed by atoms with Gasteiger partial charge in [0.1, 0.15) is 17.5 Å². The van der Waals surface area contributed by atoms with Gasteiger partial charge in [-0.05, 0) is 65.0 Å². The minimum atomic E-state index is -0.980. The summed E-state index contributed by atoms with van der Waals surface area (Å²) in [4.78, 5) is 44.5. The number of methoxy groups -OCH3 is 1. The maximum absolute atomic E-state index is 13.6. The van der Waals surface area contributed by atoms with E-state index in [2.05, 4.69) is 35.9 Å². The van der Waals surface area contributed by atoms with E-state index < -0.39 is 23.9 Å². The second-order valence-corrected chi connectivity index (χ2v) is 9.65. The lowest BCUT2D eigenvalue weighted by Gasteiger charge is -2.35. The number of fused-ring (bicyclic) bond motifs is 1. The number of amides is 3. The molecule has 0 fully saturated rings. The lowest BCUT2D eigenvalue weighted by atomic mass is 9.95. The Bertz CT molecular complexity index is 1630. The van der Waals surface area contributed by atoms with Crippen molar-refractivity contribution in [3.8, 4) is 5.69 Å². The molecule has 1 aliphatic heterocycles. The Morgan fingerprint density at radius 3 is 2.49 bits per heavy atom. The van der Waals surface area contributed by atoms with Gasteiger partial charge in [0.15, 0.2) is 0 Å². The molecule has 1 unspecified atom stereocenters. The first-order chi connectivity index (χ1) is 19.8. The number of nitrogens with one attached hydrogen (secondary N) is 2. The van der Waals surface area contributed by atoms with Crippen molar-refractivity contribution < 1.29 is 19.1 Å². The van der Waals surface area contributed by atoms with E-state index in [1.165, 1.54) is 29.1 Å². The van der Waals surface area contributed by atoms with E-state index in [4.69, 9.17) is 23.2 Å². The average molecular weight is 593 g/mol. The Morgan fingerprint density at radius 2 is 1.78 bits per heavy atom. The van der Waals surface area contributed by atoms with Crippen molar-refractivity contribution in [3.63, 3.8) is 0 Å². The van der Waals surface area contributed by atoms with Gasteiger partial charge in [-0.3, -0.25) is 14.9 Å². The van der Waals surface area contributed by atoms with Gasteiger partial charge in [0.25, 0.3) is 5.91 Å². The molecule has 1 aliphatic rings. The van der Waals surface area contributed by atoms with Crippen molar-refractivity contribution in [3.05, 3.63) is 94.0 Å². The Labute approximate surface area is 243 Å². The Hall–Kier alpha value is -4.81. The third-order valence-electron chi connectivity index (χ3n) is 6.28. The second-order valence-electron chi connectivity index (χ2n) is 8.83. The van der Waals surface area contributed by atoms with Gasteiger partial charge in [0.05, 0.1) is 12.8 Å². The van der Waals surface area contributed by atoms with Crippen molar-refractivity contribution in [2.75, 3.05) is 24.3 Å². The Kier molecular flexibility index (Phi) is 8.22. The van der Waals surface area contributed by atoms with E-state index in [9.17, 15) is 14.4 Å². The van der Waals surface area contributed by atoms with Gasteiger partial charge in [-0.15, -0.1) is 5.10 Å². The van der Waals surface area contributed by atoms with E-state index in [-0.39, 0.29) is 6.54 Å². The van der Waals surface area contributed by atoms with Crippen molar-refractivity contribution in [1.29, 1.82) is 0 Å². The number of aromatic nitrogens is 5. The number of anilines is 2. The van der Waals surface area contributed by atoms with Gasteiger partial charge in [-0.1, -0.05) is 29.3 Å². The maximum atomic E-state index is 13.6. The lowest BCUT2D eigenvalue weighted by molar-refractivity contribution is -0.135. The minimum absolute atomic E-state index is 0.235. The van der Waals surface area contributed by atoms with Gasteiger partial charge in [-0.2, -0.15) is 4.68 Å². The maximum Gasteiger partial charge on any atom is 0.411 e. The molecule has 0 bridgehead atoms. The molecule has 3 heterocycles. The number of carbonyl (C=O) groups is 3. The summed E-state index contributed by atoms with van der Waals surface area (Å²) in [6.45, 7) is 0.235. The van der Waals surface area contributed by atoms with Crippen LogP contribution in [0.3, 0.4) is 0 Å². The molecule has 0 saturated carbocycles. The van der Waals surface area contributed by atoms with Crippen LogP contribution >= 0.6 is 23.2 Å². The molecule has 208 valence electrons. The van der Waals surface area contributed by atoms with Crippen molar-refractivity contribution in [1.82, 2.24) is 30.1 Å². The number of nitrogens with zero attached hydrogens (tertiary/aromatic N) is 6. The fourth-order valence-electron chi connectivity index (χ4n) is 4.39. The SMILES string of the molecule is COC(=O)Nc1ccc(NC(=O)C2c3ccc(Cl)nc3CCN2C(=O)C=Cc2cc(Cl)ccc2-n2cnnn2)cc1. The molecular weight excluding hydrogens is 571 g/mol. The van der Waals surface area contributed by atoms with Gasteiger partial charge in [0.2, 0.25) is 5.91 Å². The molecular formula is C27H22Cl2N8O4. The van der Waals surface area contributed by atoms with Crippen LogP contribution in [0, 0.1) is 0 Å². The number of ether oxygens (including phenoxy) is 1. The highest BCUT2D eigenvalue weighted by atomic mass is 35.5. The Balaban J connectivity index is 1.41. The number of hydrogen-bond donors (Lipinski definition) is 2. The van der Waals surface area contributed by atoms with Crippen LogP contribution in [0.2, 0.25) is 10.2 Å². The number of hydrogen-bond acceptors (Lipinski definition) is 8. The molecule has 0 saturated heterocycles. The molecule has 2 N–H and O–H groups in total. The topological polar surface area (TPSA) is 144 Å². The normalized spacial score (nSPS) is 14.4. The zero-order valence-corrected chi connectivity index (χ0v) is 23.0. The van der Waals surface area contributed by atoms with Crippen LogP contribution in [0.15, 0.2) is 67.0 Å². The summed E-state index contributed by atoms with van der Waals surface area (Å²) in [7, 11) is 1.26. The van der Waals surface area contributed by atoms with Crippen LogP contribution in [0.1, 0.15) is 22.9 Å². The average Bonchev–Trinajstić information content (AvgIpc) is 3.51. The van der Waals surface area contributed by atoms with Gasteiger partial charge >= 0.3 is 6.09 Å². The van der Waals surface area contributed by atoms with Crippen LogP contribution in [0.25, 0.3) is 11.8 Å². The minimum Gasteiger partial charge on any atom is -0.453 e. The van der Waals surface area contributed by atoms with Gasteiger partial charge in [0, 0.05) is 52.3 Å². The summed E-state index contributed by atoms with van der Waals surface area (Å²) in [5.74, 6) is -0.839. The highest BCUT2D eigenvalue weighted by Gasteiger charge is 2.36. The van der Waals surface area contributed by atoms with Crippen LogP contribution in [0.5, 0.6) is 0 Å². The van der Waals surface area contributed by atoms with Crippen LogP contribution in [-0.4, -0.2) is 61.7 Å². The van der Waals surface area contributed by atoms with Crippen LogP contribution < -0.4 is 10.6 Å². The van der Waals surface area contributed by atoms with E-state index in [1.807, 2.05) is 0 Å². The highest BCUT2D eigenvalue weighted by molar-refractivity contribution is 6.30. The molecule has 0 radical (unpaired) electrons. The molecule has 2 aromatic carbocycles. The standard InChI is InChI=1S/C27H22Cl2N8O4/c1-41-27(40)32-19-6-4-18(5-7-19)31-26(39)25-20-8-10-23(29)33-21(20)12-13-36(25)24(38)11-2-16-14-17(28)3-9-22(16)37-15-30-34-35-37/h2-11,14-15,25H,12-13H2,1H3,(H,31,39)(H,32,40). The number of carbonyl (C=O) groups excluding carboxylic acids is 3. The number of rotatable bonds is 6. The second kappa shape index (κ2) is 12.1. The predicted octanol–water partition coefficient (Wildman–Crippen LogP) is 4.32. The number of tetrazole rings is 1.